The monoisotopic (exact) mass is 449 g/mol. The molecule has 3 unspecified atom stereocenters. The van der Waals surface area contributed by atoms with Crippen LogP contribution in [0.25, 0.3) is 0 Å². The van der Waals surface area contributed by atoms with Crippen molar-refractivity contribution >= 4 is 35.5 Å². The Kier molecular flexibility index (Phi) is 5.50. The molecule has 3 aliphatic heterocycles. The number of β-lactam (4-membered cyclic amide) rings is 1. The summed E-state index contributed by atoms with van der Waals surface area (Å²) >= 11 is 1.27. The summed E-state index contributed by atoms with van der Waals surface area (Å²) in [4.78, 5) is 49.2. The molecule has 3 atom stereocenters. The van der Waals surface area contributed by atoms with Gasteiger partial charge in [-0.15, -0.1) is 11.8 Å². The van der Waals surface area contributed by atoms with Gasteiger partial charge in [-0.1, -0.05) is 6.07 Å². The number of nitrogens with zero attached hydrogens (tertiary/aromatic N) is 1. The van der Waals surface area contributed by atoms with Gasteiger partial charge in [-0.05, 0) is 17.7 Å². The maximum atomic E-state index is 12.7. The van der Waals surface area contributed by atoms with Gasteiger partial charge in [-0.25, -0.2) is 4.79 Å². The molecular weight excluding hydrogens is 430 g/mol. The molecular formula is C19H19N3O8S. The second-order valence-corrected chi connectivity index (χ2v) is 8.13. The van der Waals surface area contributed by atoms with Crippen molar-refractivity contribution in [2.75, 3.05) is 19.2 Å². The molecule has 164 valence electrons. The summed E-state index contributed by atoms with van der Waals surface area (Å²) < 4.78 is 15.4. The van der Waals surface area contributed by atoms with Crippen LogP contribution in [0.2, 0.25) is 0 Å². The lowest BCUT2D eigenvalue weighted by molar-refractivity contribution is -0.151. The van der Waals surface area contributed by atoms with Crippen LogP contribution in [0.3, 0.4) is 0 Å². The van der Waals surface area contributed by atoms with Gasteiger partial charge in [0.15, 0.2) is 11.5 Å². The summed E-state index contributed by atoms with van der Waals surface area (Å²) in [6.45, 7) is 1.08. The van der Waals surface area contributed by atoms with E-state index in [9.17, 15) is 24.3 Å². The molecule has 0 radical (unpaired) electrons. The van der Waals surface area contributed by atoms with E-state index < -0.39 is 41.2 Å². The largest absolute Gasteiger partial charge is 0.477 e. The third-order valence-electron chi connectivity index (χ3n) is 5.04. The lowest BCUT2D eigenvalue weighted by atomic mass is 10.0. The first kappa shape index (κ1) is 21.0. The van der Waals surface area contributed by atoms with E-state index in [-0.39, 0.29) is 24.8 Å². The van der Waals surface area contributed by atoms with Crippen molar-refractivity contribution in [3.63, 3.8) is 0 Å². The van der Waals surface area contributed by atoms with Crippen molar-refractivity contribution in [1.29, 1.82) is 0 Å². The van der Waals surface area contributed by atoms with Crippen LogP contribution in [0.1, 0.15) is 18.5 Å². The number of amides is 2. The molecule has 0 spiro atoms. The van der Waals surface area contributed by atoms with Gasteiger partial charge in [0.05, 0.1) is 0 Å². The number of carboxylic acid groups (broad SMARTS) is 1. The molecule has 0 bridgehead atoms. The number of carboxylic acids is 1. The van der Waals surface area contributed by atoms with Gasteiger partial charge in [0.25, 0.3) is 5.91 Å². The summed E-state index contributed by atoms with van der Waals surface area (Å²) in [6.07, 6.45) is 0. The normalized spacial score (nSPS) is 22.4. The number of ether oxygens (including phenoxy) is 3. The van der Waals surface area contributed by atoms with Gasteiger partial charge in [0.2, 0.25) is 12.7 Å². The van der Waals surface area contributed by atoms with Crippen molar-refractivity contribution in [3.8, 4) is 11.5 Å². The smallest absolute Gasteiger partial charge is 0.352 e. The van der Waals surface area contributed by atoms with E-state index in [1.165, 1.54) is 18.7 Å². The number of nitrogens with one attached hydrogen (secondary N) is 1. The highest BCUT2D eigenvalue weighted by molar-refractivity contribution is 8.00. The van der Waals surface area contributed by atoms with Crippen molar-refractivity contribution in [2.45, 2.75) is 24.4 Å². The third kappa shape index (κ3) is 3.79. The Hall–Kier alpha value is -3.25. The van der Waals surface area contributed by atoms with Crippen LogP contribution in [0.5, 0.6) is 11.5 Å². The number of carbonyl (C=O) groups excluding carboxylic acids is 3. The fraction of sp³-hybridized carbons (Fsp3) is 0.368. The van der Waals surface area contributed by atoms with Crippen molar-refractivity contribution in [2.24, 2.45) is 5.73 Å². The zero-order valence-electron chi connectivity index (χ0n) is 16.3. The van der Waals surface area contributed by atoms with Gasteiger partial charge in [-0.2, -0.15) is 0 Å². The van der Waals surface area contributed by atoms with Gasteiger partial charge in [0.1, 0.15) is 29.8 Å². The molecule has 0 aliphatic carbocycles. The van der Waals surface area contributed by atoms with E-state index in [1.54, 1.807) is 18.2 Å². The maximum absolute atomic E-state index is 12.7. The Balaban J connectivity index is 1.45. The molecule has 31 heavy (non-hydrogen) atoms. The molecule has 1 fully saturated rings. The number of benzene rings is 1. The van der Waals surface area contributed by atoms with Crippen LogP contribution in [-0.4, -0.2) is 64.3 Å². The lowest BCUT2D eigenvalue weighted by Gasteiger charge is -2.49. The number of nitrogens with two attached hydrogens (primary N) is 1. The van der Waals surface area contributed by atoms with Crippen LogP contribution < -0.4 is 20.5 Å². The minimum atomic E-state index is -1.30. The van der Waals surface area contributed by atoms with Gasteiger partial charge < -0.3 is 30.4 Å². The number of thioether (sulfide) groups is 1. The second-order valence-electron chi connectivity index (χ2n) is 7.02. The summed E-state index contributed by atoms with van der Waals surface area (Å²) in [6, 6.07) is 2.91. The highest BCUT2D eigenvalue weighted by atomic mass is 32.2. The molecule has 1 aromatic rings. The van der Waals surface area contributed by atoms with Crippen LogP contribution in [-0.2, 0) is 23.9 Å². The van der Waals surface area contributed by atoms with Crippen molar-refractivity contribution in [3.05, 3.63) is 35.0 Å². The first-order valence-corrected chi connectivity index (χ1v) is 10.3. The molecule has 4 rings (SSSR count). The minimum absolute atomic E-state index is 0.0877. The topological polar surface area (TPSA) is 157 Å². The third-order valence-corrected chi connectivity index (χ3v) is 6.38. The average molecular weight is 449 g/mol. The SMILES string of the molecule is CC(=O)OCC1=C(C(=O)O)N2C(=O)C(NC(=O)C(N)c3ccc4c(c3)OCO4)C2SC1. The number of carbonyl (C=O) groups is 4. The van der Waals surface area contributed by atoms with Crippen LogP contribution in [0.15, 0.2) is 29.5 Å². The quantitative estimate of drug-likeness (QED) is 0.389. The van der Waals surface area contributed by atoms with Crippen molar-refractivity contribution < 1.29 is 38.5 Å². The Morgan fingerprint density at radius 2 is 2.10 bits per heavy atom. The van der Waals surface area contributed by atoms with Crippen LogP contribution >= 0.6 is 11.8 Å². The van der Waals surface area contributed by atoms with Gasteiger partial charge in [0, 0.05) is 18.2 Å². The first-order valence-electron chi connectivity index (χ1n) is 9.26. The molecule has 0 saturated carbocycles. The second kappa shape index (κ2) is 8.12. The Morgan fingerprint density at radius 3 is 2.81 bits per heavy atom. The molecule has 1 aromatic carbocycles. The summed E-state index contributed by atoms with van der Waals surface area (Å²) in [5.41, 5.74) is 6.63. The number of hydrogen-bond donors (Lipinski definition) is 3. The van der Waals surface area contributed by atoms with E-state index in [2.05, 4.69) is 5.32 Å². The Morgan fingerprint density at radius 1 is 1.35 bits per heavy atom. The maximum Gasteiger partial charge on any atom is 0.352 e. The lowest BCUT2D eigenvalue weighted by Crippen LogP contribution is -2.71. The van der Waals surface area contributed by atoms with Crippen molar-refractivity contribution in [1.82, 2.24) is 10.2 Å². The van der Waals surface area contributed by atoms with E-state index >= 15 is 0 Å². The van der Waals surface area contributed by atoms with Crippen LogP contribution in [0.4, 0.5) is 0 Å². The molecule has 11 nitrogen and oxygen atoms in total. The summed E-state index contributed by atoms with van der Waals surface area (Å²) in [5.74, 6) is -1.73. The summed E-state index contributed by atoms with van der Waals surface area (Å²) in [5, 5.41) is 11.6. The highest BCUT2D eigenvalue weighted by Crippen LogP contribution is 2.40. The first-order chi connectivity index (χ1) is 14.8. The predicted octanol–water partition coefficient (Wildman–Crippen LogP) is -0.283. The fourth-order valence-electron chi connectivity index (χ4n) is 3.48. The molecule has 1 saturated heterocycles. The summed E-state index contributed by atoms with van der Waals surface area (Å²) in [7, 11) is 0. The number of aliphatic carboxylic acids is 1. The Labute approximate surface area is 180 Å². The number of rotatable bonds is 6. The fourth-order valence-corrected chi connectivity index (χ4v) is 4.81. The Bertz CT molecular complexity index is 1010. The van der Waals surface area contributed by atoms with Gasteiger partial charge >= 0.3 is 11.9 Å². The molecule has 3 aliphatic rings. The minimum Gasteiger partial charge on any atom is -0.477 e. The molecule has 12 heteroatoms. The van der Waals surface area contributed by atoms with E-state index in [4.69, 9.17) is 19.9 Å². The number of fused-ring (bicyclic) bond motifs is 2. The highest BCUT2D eigenvalue weighted by Gasteiger charge is 2.54. The molecule has 0 aromatic heterocycles. The zero-order valence-corrected chi connectivity index (χ0v) is 17.1. The van der Waals surface area contributed by atoms with Crippen LogP contribution in [0, 0.1) is 0 Å². The number of hydrogen-bond acceptors (Lipinski definition) is 9. The zero-order chi connectivity index (χ0) is 22.3. The predicted molar refractivity (Wildman–Crippen MR) is 106 cm³/mol. The molecule has 4 N–H and O–H groups in total. The van der Waals surface area contributed by atoms with E-state index in [0.717, 1.165) is 4.90 Å². The molecule has 3 heterocycles. The molecule has 2 amide bonds. The van der Waals surface area contributed by atoms with E-state index in [1.807, 2.05) is 0 Å². The number of esters is 1. The van der Waals surface area contributed by atoms with E-state index in [0.29, 0.717) is 22.6 Å². The van der Waals surface area contributed by atoms with Gasteiger partial charge in [-0.3, -0.25) is 19.3 Å². The average Bonchev–Trinajstić information content (AvgIpc) is 3.22. The standard InChI is InChI=1S/C19H19N3O8S/c1-8(23)28-5-10-6-31-18-14(17(25)22(18)15(10)19(26)27)21-16(24)13(20)9-2-3-11-12(4-9)30-7-29-11/h2-4,13-14,18H,5-7,20H2,1H3,(H,21,24)(H,26,27).